The minimum atomic E-state index is -0.282. The van der Waals surface area contributed by atoms with Crippen LogP contribution in [0.3, 0.4) is 0 Å². The Labute approximate surface area is 151 Å². The van der Waals surface area contributed by atoms with Crippen LogP contribution in [-0.2, 0) is 12.8 Å². The molecular formula is C17H13FN4OS2. The predicted octanol–water partition coefficient (Wildman–Crippen LogP) is 4.63. The van der Waals surface area contributed by atoms with Gasteiger partial charge in [0.1, 0.15) is 12.1 Å². The molecule has 4 aromatic rings. The normalized spacial score (nSPS) is 11.1. The van der Waals surface area contributed by atoms with Crippen LogP contribution in [0, 0.1) is 5.82 Å². The maximum atomic E-state index is 13.0. The first-order chi connectivity index (χ1) is 12.2. The summed E-state index contributed by atoms with van der Waals surface area (Å²) in [7, 11) is 1.95. The van der Waals surface area contributed by atoms with E-state index in [-0.39, 0.29) is 5.82 Å². The predicted molar refractivity (Wildman–Crippen MR) is 95.8 cm³/mol. The number of hydrogen-bond donors (Lipinski definition) is 0. The Morgan fingerprint density at radius 3 is 2.80 bits per heavy atom. The zero-order valence-corrected chi connectivity index (χ0v) is 14.9. The Hall–Kier alpha value is -2.45. The Balaban J connectivity index is 1.46. The molecule has 0 unspecified atom stereocenters. The number of halogens is 1. The topological polar surface area (TPSA) is 56.7 Å². The summed E-state index contributed by atoms with van der Waals surface area (Å²) in [4.78, 5) is 5.53. The Morgan fingerprint density at radius 2 is 2.04 bits per heavy atom. The fourth-order valence-corrected chi connectivity index (χ4v) is 3.83. The third-order valence-electron chi connectivity index (χ3n) is 3.57. The fraction of sp³-hybridized carbons (Fsp3) is 0.118. The van der Waals surface area contributed by atoms with Gasteiger partial charge >= 0.3 is 0 Å². The van der Waals surface area contributed by atoms with Crippen LogP contribution in [0.2, 0.25) is 0 Å². The molecule has 0 amide bonds. The smallest absolute Gasteiger partial charge is 0.226 e. The van der Waals surface area contributed by atoms with Crippen molar-refractivity contribution in [3.05, 3.63) is 59.6 Å². The Kier molecular flexibility index (Phi) is 4.37. The molecule has 0 bridgehead atoms. The molecule has 0 saturated carbocycles. The lowest BCUT2D eigenvalue weighted by Crippen LogP contribution is -1.94. The molecule has 3 aromatic heterocycles. The van der Waals surface area contributed by atoms with E-state index in [0.717, 1.165) is 27.1 Å². The average molecular weight is 372 g/mol. The highest BCUT2D eigenvalue weighted by molar-refractivity contribution is 7.98. The second kappa shape index (κ2) is 6.81. The van der Waals surface area contributed by atoms with Crippen LogP contribution in [0.4, 0.5) is 4.39 Å². The molecular weight excluding hydrogens is 359 g/mol. The number of nitrogens with zero attached hydrogens (tertiary/aromatic N) is 4. The minimum Gasteiger partial charge on any atom is -0.444 e. The van der Waals surface area contributed by atoms with E-state index in [1.54, 1.807) is 41.5 Å². The molecule has 3 heterocycles. The van der Waals surface area contributed by atoms with Gasteiger partial charge in [-0.3, -0.25) is 0 Å². The zero-order chi connectivity index (χ0) is 17.2. The molecule has 8 heteroatoms. The largest absolute Gasteiger partial charge is 0.444 e. The van der Waals surface area contributed by atoms with Crippen LogP contribution in [0.15, 0.2) is 57.6 Å². The lowest BCUT2D eigenvalue weighted by Gasteiger charge is -2.00. The molecule has 0 aliphatic rings. The van der Waals surface area contributed by atoms with Crippen molar-refractivity contribution in [2.45, 2.75) is 10.9 Å². The number of hydrogen-bond acceptors (Lipinski definition) is 6. The zero-order valence-electron chi connectivity index (χ0n) is 13.2. The highest BCUT2D eigenvalue weighted by atomic mass is 32.2. The van der Waals surface area contributed by atoms with Gasteiger partial charge in [0.05, 0.1) is 10.6 Å². The third kappa shape index (κ3) is 3.35. The summed E-state index contributed by atoms with van der Waals surface area (Å²) in [5.74, 6) is 1.66. The monoisotopic (exact) mass is 372 g/mol. The lowest BCUT2D eigenvalue weighted by molar-refractivity contribution is 0.572. The van der Waals surface area contributed by atoms with Crippen molar-refractivity contribution >= 4 is 23.1 Å². The summed E-state index contributed by atoms with van der Waals surface area (Å²) in [6.07, 6.45) is 1.61. The number of aromatic nitrogens is 4. The van der Waals surface area contributed by atoms with Crippen LogP contribution in [0.1, 0.15) is 5.69 Å². The summed E-state index contributed by atoms with van der Waals surface area (Å²) in [6.45, 7) is 0. The lowest BCUT2D eigenvalue weighted by atomic mass is 10.2. The molecule has 5 nitrogen and oxygen atoms in total. The first-order valence-corrected chi connectivity index (χ1v) is 9.33. The van der Waals surface area contributed by atoms with Gasteiger partial charge in [0.15, 0.2) is 11.0 Å². The van der Waals surface area contributed by atoms with E-state index in [1.807, 2.05) is 29.1 Å². The highest BCUT2D eigenvalue weighted by Crippen LogP contribution is 2.28. The second-order valence-corrected chi connectivity index (χ2v) is 7.17. The van der Waals surface area contributed by atoms with Crippen molar-refractivity contribution in [1.29, 1.82) is 0 Å². The summed E-state index contributed by atoms with van der Waals surface area (Å²) >= 11 is 3.17. The Morgan fingerprint density at radius 1 is 1.20 bits per heavy atom. The van der Waals surface area contributed by atoms with Crippen molar-refractivity contribution < 1.29 is 8.81 Å². The number of rotatable bonds is 5. The first kappa shape index (κ1) is 16.0. The van der Waals surface area contributed by atoms with E-state index >= 15 is 0 Å². The van der Waals surface area contributed by atoms with E-state index in [9.17, 15) is 4.39 Å². The van der Waals surface area contributed by atoms with E-state index in [4.69, 9.17) is 4.42 Å². The first-order valence-electron chi connectivity index (χ1n) is 7.47. The third-order valence-corrected chi connectivity index (χ3v) is 5.49. The van der Waals surface area contributed by atoms with Crippen molar-refractivity contribution in [2.24, 2.45) is 7.05 Å². The van der Waals surface area contributed by atoms with Crippen molar-refractivity contribution in [1.82, 2.24) is 19.7 Å². The van der Waals surface area contributed by atoms with Crippen molar-refractivity contribution in [3.63, 3.8) is 0 Å². The summed E-state index contributed by atoms with van der Waals surface area (Å²) in [6, 6.07) is 10.1. The molecule has 4 rings (SSSR count). The molecule has 0 spiro atoms. The van der Waals surface area contributed by atoms with Gasteiger partial charge in [0, 0.05) is 18.4 Å². The maximum Gasteiger partial charge on any atom is 0.226 e. The number of benzene rings is 1. The van der Waals surface area contributed by atoms with Crippen molar-refractivity contribution in [2.75, 3.05) is 0 Å². The molecule has 0 saturated heterocycles. The highest BCUT2D eigenvalue weighted by Gasteiger charge is 2.13. The van der Waals surface area contributed by atoms with Gasteiger partial charge < -0.3 is 8.98 Å². The number of thiophene rings is 1. The van der Waals surface area contributed by atoms with Gasteiger partial charge in [-0.2, -0.15) is 0 Å². The minimum absolute atomic E-state index is 0.282. The van der Waals surface area contributed by atoms with Gasteiger partial charge in [0.2, 0.25) is 5.89 Å². The SMILES string of the molecule is Cn1c(SCc2coc(-c3ccc(F)cc3)n2)nnc1-c1cccs1. The van der Waals surface area contributed by atoms with E-state index in [2.05, 4.69) is 15.2 Å². The van der Waals surface area contributed by atoms with Gasteiger partial charge in [0.25, 0.3) is 0 Å². The van der Waals surface area contributed by atoms with Gasteiger partial charge in [-0.25, -0.2) is 9.37 Å². The molecule has 0 aliphatic heterocycles. The van der Waals surface area contributed by atoms with E-state index < -0.39 is 0 Å². The standard InChI is InChI=1S/C17H13FN4OS2/c1-22-15(14-3-2-8-24-14)20-21-17(22)25-10-13-9-23-16(19-13)11-4-6-12(18)7-5-11/h2-9H,10H2,1H3. The molecule has 126 valence electrons. The van der Waals surface area contributed by atoms with E-state index in [1.165, 1.54) is 12.1 Å². The van der Waals surface area contributed by atoms with Gasteiger partial charge in [-0.15, -0.1) is 21.5 Å². The van der Waals surface area contributed by atoms with Gasteiger partial charge in [-0.05, 0) is 35.7 Å². The van der Waals surface area contributed by atoms with Crippen LogP contribution in [0.5, 0.6) is 0 Å². The molecule has 0 fully saturated rings. The molecule has 25 heavy (non-hydrogen) atoms. The summed E-state index contributed by atoms with van der Waals surface area (Å²) < 4.78 is 20.4. The van der Waals surface area contributed by atoms with Crippen LogP contribution in [0.25, 0.3) is 22.2 Å². The molecule has 0 N–H and O–H groups in total. The summed E-state index contributed by atoms with van der Waals surface area (Å²) in [5.41, 5.74) is 1.54. The molecule has 0 radical (unpaired) electrons. The van der Waals surface area contributed by atoms with Crippen LogP contribution in [-0.4, -0.2) is 19.7 Å². The maximum absolute atomic E-state index is 13.0. The quantitative estimate of drug-likeness (QED) is 0.478. The summed E-state index contributed by atoms with van der Waals surface area (Å²) in [5, 5.41) is 11.3. The number of oxazole rings is 1. The fourth-order valence-electron chi connectivity index (χ4n) is 2.30. The number of thioether (sulfide) groups is 1. The van der Waals surface area contributed by atoms with Crippen LogP contribution >= 0.6 is 23.1 Å². The van der Waals surface area contributed by atoms with Gasteiger partial charge in [-0.1, -0.05) is 17.8 Å². The van der Waals surface area contributed by atoms with Crippen LogP contribution < -0.4 is 0 Å². The van der Waals surface area contributed by atoms with E-state index in [0.29, 0.717) is 11.6 Å². The van der Waals surface area contributed by atoms with Crippen molar-refractivity contribution in [3.8, 4) is 22.2 Å². The average Bonchev–Trinajstić information content (AvgIpc) is 3.34. The second-order valence-electron chi connectivity index (χ2n) is 5.28. The molecule has 1 aromatic carbocycles. The molecule has 0 aliphatic carbocycles. The Bertz CT molecular complexity index is 977. The molecule has 0 atom stereocenters.